The molecule has 4 aliphatic heterocycles. The van der Waals surface area contributed by atoms with E-state index in [2.05, 4.69) is 10.6 Å². The third kappa shape index (κ3) is 18.3. The Bertz CT molecular complexity index is 2530. The Hall–Kier alpha value is -5.44. The first-order chi connectivity index (χ1) is 37.7. The molecule has 4 fully saturated rings. The summed E-state index contributed by atoms with van der Waals surface area (Å²) in [7, 11) is -7.86. The minimum absolute atomic E-state index is 0.000183. The predicted octanol–water partition coefficient (Wildman–Crippen LogP) is 4.75. The number of benzene rings is 4. The Labute approximate surface area is 464 Å². The molecule has 21 nitrogen and oxygen atoms in total. The van der Waals surface area contributed by atoms with Gasteiger partial charge >= 0.3 is 12.2 Å². The highest BCUT2D eigenvalue weighted by Gasteiger charge is 2.45. The molecular weight excluding hydrogens is 1060 g/mol. The maximum Gasteiger partial charge on any atom is 0.407 e. The average Bonchev–Trinajstić information content (AvgIpc) is 4.25. The number of sulfonamides is 2. The number of fused-ring (bicyclic) bond motifs is 2. The highest BCUT2D eigenvalue weighted by Crippen LogP contribution is 2.34. The molecule has 0 aromatic heterocycles. The van der Waals surface area contributed by atoms with Gasteiger partial charge in [0, 0.05) is 44.2 Å². The maximum absolute atomic E-state index is 13.5. The van der Waals surface area contributed by atoms with Gasteiger partial charge in [0.25, 0.3) is 0 Å². The summed E-state index contributed by atoms with van der Waals surface area (Å²) in [5, 5.41) is 35.8. The Morgan fingerprint density at radius 1 is 0.582 bits per heavy atom. The normalized spacial score (nSPS) is 22.2. The number of nitrogen functional groups attached to an aromatic ring is 2. The lowest BCUT2D eigenvalue weighted by atomic mass is 10.0. The van der Waals surface area contributed by atoms with Crippen molar-refractivity contribution in [2.24, 2.45) is 23.7 Å². The topological polar surface area (TPSA) is 301 Å². The molecule has 436 valence electrons. The number of carbonyl (C=O) groups is 2. The van der Waals surface area contributed by atoms with Crippen LogP contribution in [-0.4, -0.2) is 161 Å². The Morgan fingerprint density at radius 3 is 1.25 bits per heavy atom. The SMILES string of the molecule is CC(C)CN(C[C@@H](O)[C@H](Cc1ccccc1)NC(=O)O[C@H]1CO[C@H]2OCC[C@H]21)S(=O)(=O)c1ccc(N)cc1.CC(C)CN(C[C@@H](O)[C@H](Cc1ccccc1)NC(=O)O[C@H]1CO[C@H]2OCC[C@H]21)S(=O)(=O)c1ccc(N)cc1.CCO. The molecule has 4 aromatic carbocycles. The standard InChI is InChI=1S/2C27H37N3O7S.C2H6O/c2*1-18(2)15-30(38(33,34)21-10-8-20(28)9-11-21)16-24(31)23(14-19-6-4-3-5-7-19)29-27(32)37-25-17-36-26-22(25)12-13-35-26;1-2-3/h2*3-11,18,22-26,31H,12-17,28H2,1-2H3,(H,29,32);3H,2H2,1H3/t2*22-,23-,24+,25-,26+;/m00./s1. The van der Waals surface area contributed by atoms with Gasteiger partial charge in [-0.3, -0.25) is 0 Å². The summed E-state index contributed by atoms with van der Waals surface area (Å²) in [4.78, 5) is 26.0. The number of aliphatic hydroxyl groups excluding tert-OH is 3. The van der Waals surface area contributed by atoms with Gasteiger partial charge in [0.05, 0.1) is 72.3 Å². The second kappa shape index (κ2) is 29.9. The average molecular weight is 1140 g/mol. The Morgan fingerprint density at radius 2 is 0.924 bits per heavy atom. The van der Waals surface area contributed by atoms with E-state index < -0.39 is 68.7 Å². The van der Waals surface area contributed by atoms with E-state index in [9.17, 15) is 36.6 Å². The number of alkyl carbamates (subject to hydrolysis) is 2. The van der Waals surface area contributed by atoms with E-state index in [1.165, 1.54) is 57.1 Å². The molecular formula is C56H80N6O15S2. The maximum atomic E-state index is 13.5. The number of nitrogens with one attached hydrogen (secondary N) is 2. The van der Waals surface area contributed by atoms with E-state index >= 15 is 0 Å². The number of hydrogen-bond acceptors (Lipinski definition) is 17. The van der Waals surface area contributed by atoms with Crippen molar-refractivity contribution in [3.63, 3.8) is 0 Å². The summed E-state index contributed by atoms with van der Waals surface area (Å²) in [6.45, 7) is 11.1. The second-order valence-corrected chi connectivity index (χ2v) is 24.7. The summed E-state index contributed by atoms with van der Waals surface area (Å²) < 4.78 is 89.9. The fourth-order valence-electron chi connectivity index (χ4n) is 9.65. The van der Waals surface area contributed by atoms with Crippen LogP contribution in [0.25, 0.3) is 0 Å². The lowest BCUT2D eigenvalue weighted by Gasteiger charge is -2.31. The van der Waals surface area contributed by atoms with E-state index in [0.717, 1.165) is 24.0 Å². The number of nitrogens with zero attached hydrogens (tertiary/aromatic N) is 2. The number of ether oxygens (including phenoxy) is 6. The molecule has 0 spiro atoms. The van der Waals surface area contributed by atoms with Gasteiger partial charge in [0.1, 0.15) is 12.2 Å². The van der Waals surface area contributed by atoms with Gasteiger partial charge in [-0.05, 0) is 104 Å². The molecule has 8 rings (SSSR count). The van der Waals surface area contributed by atoms with Gasteiger partial charge in [-0.25, -0.2) is 26.4 Å². The number of anilines is 2. The largest absolute Gasteiger partial charge is 0.443 e. The van der Waals surface area contributed by atoms with Crippen molar-refractivity contribution in [3.8, 4) is 0 Å². The second-order valence-electron chi connectivity index (χ2n) is 20.8. The number of aliphatic hydroxyl groups is 3. The van der Waals surface area contributed by atoms with Crippen LogP contribution in [0.1, 0.15) is 58.6 Å². The van der Waals surface area contributed by atoms with Crippen LogP contribution >= 0.6 is 0 Å². The van der Waals surface area contributed by atoms with Crippen LogP contribution in [0, 0.1) is 23.7 Å². The third-order valence-electron chi connectivity index (χ3n) is 13.6. The fourth-order valence-corrected chi connectivity index (χ4v) is 12.9. The lowest BCUT2D eigenvalue weighted by Crippen LogP contribution is -2.51. The molecule has 23 heteroatoms. The van der Waals surface area contributed by atoms with Gasteiger partial charge < -0.3 is 65.8 Å². The molecule has 4 heterocycles. The zero-order valence-electron chi connectivity index (χ0n) is 45.6. The lowest BCUT2D eigenvalue weighted by molar-refractivity contribution is -0.0909. The van der Waals surface area contributed by atoms with Crippen molar-refractivity contribution in [1.82, 2.24) is 19.2 Å². The van der Waals surface area contributed by atoms with Gasteiger partial charge in [0.2, 0.25) is 20.0 Å². The van der Waals surface area contributed by atoms with Crippen LogP contribution in [0.3, 0.4) is 0 Å². The first-order valence-corrected chi connectivity index (χ1v) is 29.7. The van der Waals surface area contributed by atoms with Crippen LogP contribution in [0.2, 0.25) is 0 Å². The van der Waals surface area contributed by atoms with Crippen molar-refractivity contribution >= 4 is 43.6 Å². The Balaban J connectivity index is 0.000000243. The zero-order chi connectivity index (χ0) is 57.3. The van der Waals surface area contributed by atoms with E-state index in [4.69, 9.17) is 45.0 Å². The molecule has 10 atom stereocenters. The molecule has 0 radical (unpaired) electrons. The number of carbonyl (C=O) groups excluding carboxylic acids is 2. The molecule has 79 heavy (non-hydrogen) atoms. The quantitative estimate of drug-likeness (QED) is 0.0523. The van der Waals surface area contributed by atoms with Crippen LogP contribution < -0.4 is 22.1 Å². The van der Waals surface area contributed by atoms with E-state index in [1.807, 2.05) is 88.4 Å². The third-order valence-corrected chi connectivity index (χ3v) is 17.3. The number of rotatable bonds is 22. The van der Waals surface area contributed by atoms with E-state index in [1.54, 1.807) is 6.92 Å². The summed E-state index contributed by atoms with van der Waals surface area (Å²) >= 11 is 0. The molecule has 4 aliphatic rings. The summed E-state index contributed by atoms with van der Waals surface area (Å²) in [5.41, 5.74) is 14.1. The van der Waals surface area contributed by atoms with Crippen molar-refractivity contribution < 1.29 is 70.2 Å². The summed E-state index contributed by atoms with van der Waals surface area (Å²) in [6.07, 6.45) is -3.37. The molecule has 0 aliphatic carbocycles. The van der Waals surface area contributed by atoms with Gasteiger partial charge in [-0.15, -0.1) is 0 Å². The molecule has 0 saturated carbocycles. The first kappa shape index (κ1) is 62.8. The number of amides is 2. The van der Waals surface area contributed by atoms with Crippen molar-refractivity contribution in [1.29, 1.82) is 0 Å². The van der Waals surface area contributed by atoms with Crippen molar-refractivity contribution in [2.45, 2.75) is 119 Å². The number of hydrogen-bond donors (Lipinski definition) is 7. The number of nitrogens with two attached hydrogens (primary N) is 2. The van der Waals surface area contributed by atoms with Crippen LogP contribution in [0.5, 0.6) is 0 Å². The van der Waals surface area contributed by atoms with Gasteiger partial charge in [-0.2, -0.15) is 8.61 Å². The first-order valence-electron chi connectivity index (χ1n) is 26.8. The highest BCUT2D eigenvalue weighted by molar-refractivity contribution is 7.89. The zero-order valence-corrected chi connectivity index (χ0v) is 47.3. The van der Waals surface area contributed by atoms with Crippen LogP contribution in [0.4, 0.5) is 21.0 Å². The summed E-state index contributed by atoms with van der Waals surface area (Å²) in [5.74, 6) is -0.0462. The highest BCUT2D eigenvalue weighted by atomic mass is 32.2. The van der Waals surface area contributed by atoms with Crippen LogP contribution in [-0.2, 0) is 61.3 Å². The van der Waals surface area contributed by atoms with E-state index in [-0.39, 0.29) is 105 Å². The van der Waals surface area contributed by atoms with Gasteiger partial charge in [0.15, 0.2) is 12.6 Å². The summed E-state index contributed by atoms with van der Waals surface area (Å²) in [6, 6.07) is 29.0. The molecule has 2 amide bonds. The molecule has 0 unspecified atom stereocenters. The van der Waals surface area contributed by atoms with E-state index in [0.29, 0.717) is 24.6 Å². The smallest absolute Gasteiger partial charge is 0.407 e. The minimum Gasteiger partial charge on any atom is -0.443 e. The van der Waals surface area contributed by atoms with Gasteiger partial charge in [-0.1, -0.05) is 88.4 Å². The monoisotopic (exact) mass is 1140 g/mol. The fraction of sp³-hybridized carbons (Fsp3) is 0.536. The molecule has 4 aromatic rings. The van der Waals surface area contributed by atoms with Crippen molar-refractivity contribution in [3.05, 3.63) is 120 Å². The predicted molar refractivity (Wildman–Crippen MR) is 296 cm³/mol. The minimum atomic E-state index is -3.93. The molecule has 0 bridgehead atoms. The molecule has 4 saturated heterocycles. The Kier molecular flexibility index (Phi) is 23.7. The van der Waals surface area contributed by atoms with Crippen molar-refractivity contribution in [2.75, 3.05) is 70.7 Å². The van der Waals surface area contributed by atoms with Crippen LogP contribution in [0.15, 0.2) is 119 Å². The molecule has 9 N–H and O–H groups in total.